The minimum atomic E-state index is -4.77. The van der Waals surface area contributed by atoms with Crippen LogP contribution >= 0.6 is 7.60 Å². The highest BCUT2D eigenvalue weighted by Crippen LogP contribution is 2.57. The van der Waals surface area contributed by atoms with Gasteiger partial charge >= 0.3 is 7.60 Å². The van der Waals surface area contributed by atoms with Crippen molar-refractivity contribution in [2.75, 3.05) is 32.7 Å². The number of ether oxygens (including phenoxy) is 3. The van der Waals surface area contributed by atoms with Crippen molar-refractivity contribution in [1.82, 2.24) is 39.0 Å². The average molecular weight is 654 g/mol. The molecule has 2 aliphatic rings. The van der Waals surface area contributed by atoms with E-state index in [4.69, 9.17) is 24.5 Å². The zero-order valence-corrected chi connectivity index (χ0v) is 24.6. The zero-order chi connectivity index (χ0) is 32.0. The van der Waals surface area contributed by atoms with Crippen molar-refractivity contribution in [2.45, 2.75) is 61.5 Å². The van der Waals surface area contributed by atoms with Gasteiger partial charge in [0.15, 0.2) is 29.3 Å². The van der Waals surface area contributed by atoms with E-state index in [1.165, 1.54) is 17.2 Å². The molecule has 20 nitrogen and oxygen atoms in total. The minimum absolute atomic E-state index is 0.0809. The minimum Gasteiger partial charge on any atom is -0.394 e. The molecule has 2 saturated heterocycles. The van der Waals surface area contributed by atoms with E-state index in [2.05, 4.69) is 29.9 Å². The number of nitrogen functional groups attached to an aromatic ring is 1. The highest BCUT2D eigenvalue weighted by atomic mass is 31.2. The van der Waals surface area contributed by atoms with Crippen LogP contribution in [0, 0.1) is 0 Å². The summed E-state index contributed by atoms with van der Waals surface area (Å²) in [5.74, 6) is -0.246. The number of H-pyrrole nitrogens is 1. The normalized spacial score (nSPS) is 30.0. The monoisotopic (exact) mass is 653 g/mol. The fraction of sp³-hybridized carbons (Fsp3) is 0.583. The predicted octanol–water partition coefficient (Wildman–Crippen LogP) is -2.44. The Morgan fingerprint density at radius 3 is 2.42 bits per heavy atom. The number of fused-ring (bicyclic) bond motifs is 2. The van der Waals surface area contributed by atoms with Gasteiger partial charge in [-0.1, -0.05) is 0 Å². The van der Waals surface area contributed by atoms with Crippen molar-refractivity contribution in [1.29, 1.82) is 0 Å². The number of aliphatic hydroxyl groups excluding tert-OH is 4. The largest absolute Gasteiger partial charge is 0.394 e. The van der Waals surface area contributed by atoms with Gasteiger partial charge < -0.3 is 49.8 Å². The van der Waals surface area contributed by atoms with Crippen LogP contribution in [0.1, 0.15) is 24.6 Å². The second kappa shape index (κ2) is 12.4. The van der Waals surface area contributed by atoms with Crippen molar-refractivity contribution in [3.63, 3.8) is 0 Å². The maximum atomic E-state index is 13.6. The molecule has 45 heavy (non-hydrogen) atoms. The first kappa shape index (κ1) is 31.5. The highest BCUT2D eigenvalue weighted by Gasteiger charge is 2.55. The molecule has 6 heterocycles. The molecule has 2 aliphatic heterocycles. The number of hydrogen-bond donors (Lipinski definition) is 7. The van der Waals surface area contributed by atoms with Gasteiger partial charge in [-0.25, -0.2) is 19.9 Å². The van der Waals surface area contributed by atoms with Crippen LogP contribution in [0.4, 0.5) is 5.95 Å². The van der Waals surface area contributed by atoms with Crippen LogP contribution in [0.2, 0.25) is 0 Å². The summed E-state index contributed by atoms with van der Waals surface area (Å²) in [5.41, 5.74) is 4.62. The lowest BCUT2D eigenvalue weighted by molar-refractivity contribution is -0.0435. The number of methoxy groups -OCH3 is 1. The number of anilines is 1. The van der Waals surface area contributed by atoms with Crippen molar-refractivity contribution in [3.05, 3.63) is 35.0 Å². The lowest BCUT2D eigenvalue weighted by Gasteiger charge is -2.26. The highest BCUT2D eigenvalue weighted by molar-refractivity contribution is 7.53. The van der Waals surface area contributed by atoms with Crippen LogP contribution in [-0.4, -0.2) is 127 Å². The number of nitrogens with one attached hydrogen (secondary N) is 1. The van der Waals surface area contributed by atoms with Gasteiger partial charge in [0.1, 0.15) is 41.9 Å². The summed E-state index contributed by atoms with van der Waals surface area (Å²) in [6.45, 7) is -0.731. The molecule has 0 aliphatic carbocycles. The molecule has 0 bridgehead atoms. The van der Waals surface area contributed by atoms with Crippen molar-refractivity contribution in [3.8, 4) is 0 Å². The summed E-state index contributed by atoms with van der Waals surface area (Å²) in [6.07, 6.45) is -5.07. The van der Waals surface area contributed by atoms with E-state index in [-0.39, 0.29) is 23.5 Å². The Kier molecular flexibility index (Phi) is 8.69. The van der Waals surface area contributed by atoms with Gasteiger partial charge in [-0.3, -0.25) is 23.5 Å². The van der Waals surface area contributed by atoms with E-state index in [1.807, 2.05) is 0 Å². The fourth-order valence-electron chi connectivity index (χ4n) is 5.64. The molecule has 2 fully saturated rings. The Bertz CT molecular complexity index is 1780. The van der Waals surface area contributed by atoms with E-state index in [9.17, 15) is 34.7 Å². The van der Waals surface area contributed by atoms with Crippen LogP contribution in [0.3, 0.4) is 0 Å². The van der Waals surface area contributed by atoms with E-state index in [0.29, 0.717) is 29.9 Å². The first-order valence-corrected chi connectivity index (χ1v) is 15.5. The number of hydrogen-bond acceptors (Lipinski definition) is 16. The predicted molar refractivity (Wildman–Crippen MR) is 151 cm³/mol. The fourth-order valence-corrected chi connectivity index (χ4v) is 7.30. The second-order valence-electron chi connectivity index (χ2n) is 10.6. The third kappa shape index (κ3) is 5.63. The van der Waals surface area contributed by atoms with Gasteiger partial charge in [-0.15, -0.1) is 0 Å². The molecule has 9 atom stereocenters. The molecule has 0 amide bonds. The molecule has 1 unspecified atom stereocenters. The van der Waals surface area contributed by atoms with Gasteiger partial charge in [0.25, 0.3) is 5.56 Å². The Hall–Kier alpha value is -3.43. The number of nitrogens with two attached hydrogens (primary N) is 1. The lowest BCUT2D eigenvalue weighted by atomic mass is 10.1. The average Bonchev–Trinajstić information content (AvgIpc) is 3.77. The van der Waals surface area contributed by atoms with Crippen LogP contribution < -0.4 is 11.3 Å². The number of nitrogens with zero attached hydrogens (tertiary/aromatic N) is 7. The molecule has 244 valence electrons. The second-order valence-corrected chi connectivity index (χ2v) is 12.6. The SMILES string of the molecule is COCCc1ncnc2c1ncn2[C@@H]1O[C@H](CCOP(=O)(O)[C@@H]2[C@H](O)[C@@H](CO)O[C@H]2n2cnc3c(=O)[nH]c(N)nc32)[C@@H](O)[C@H]1O. The molecule has 4 aromatic rings. The van der Waals surface area contributed by atoms with Crippen molar-refractivity contribution in [2.24, 2.45) is 0 Å². The summed E-state index contributed by atoms with van der Waals surface area (Å²) >= 11 is 0. The number of aromatic amines is 1. The summed E-state index contributed by atoms with van der Waals surface area (Å²) in [5, 5.41) is 42.1. The van der Waals surface area contributed by atoms with Gasteiger partial charge in [0, 0.05) is 20.0 Å². The smallest absolute Gasteiger partial charge is 0.338 e. The maximum absolute atomic E-state index is 13.6. The van der Waals surface area contributed by atoms with E-state index in [1.54, 1.807) is 7.11 Å². The molecule has 8 N–H and O–H groups in total. The first-order chi connectivity index (χ1) is 21.6. The molecular weight excluding hydrogens is 621 g/mol. The van der Waals surface area contributed by atoms with Gasteiger partial charge in [-0.2, -0.15) is 4.98 Å². The molecule has 0 saturated carbocycles. The summed E-state index contributed by atoms with van der Waals surface area (Å²) in [4.78, 5) is 46.4. The molecular formula is C24H32N9O11P. The molecule has 6 rings (SSSR count). The molecule has 0 aromatic carbocycles. The first-order valence-electron chi connectivity index (χ1n) is 13.9. The number of imidazole rings is 2. The zero-order valence-electron chi connectivity index (χ0n) is 23.7. The third-order valence-electron chi connectivity index (χ3n) is 7.89. The maximum Gasteiger partial charge on any atom is 0.338 e. The van der Waals surface area contributed by atoms with Crippen LogP contribution in [0.15, 0.2) is 23.8 Å². The number of aromatic nitrogens is 8. The Morgan fingerprint density at radius 1 is 0.978 bits per heavy atom. The van der Waals surface area contributed by atoms with E-state index < -0.39 is 75.0 Å². The van der Waals surface area contributed by atoms with Crippen LogP contribution in [0.25, 0.3) is 22.3 Å². The van der Waals surface area contributed by atoms with E-state index >= 15 is 0 Å². The Labute approximate surface area is 252 Å². The van der Waals surface area contributed by atoms with Gasteiger partial charge in [-0.05, 0) is 0 Å². The summed E-state index contributed by atoms with van der Waals surface area (Å²) in [7, 11) is -3.21. The van der Waals surface area contributed by atoms with Crippen molar-refractivity contribution < 1.29 is 48.6 Å². The van der Waals surface area contributed by atoms with Crippen molar-refractivity contribution >= 4 is 35.9 Å². The summed E-state index contributed by atoms with van der Waals surface area (Å²) < 4.78 is 38.3. The molecule has 4 aromatic heterocycles. The topological polar surface area (TPSA) is 288 Å². The van der Waals surface area contributed by atoms with Gasteiger partial charge in [0.2, 0.25) is 5.95 Å². The number of rotatable bonds is 11. The van der Waals surface area contributed by atoms with Crippen LogP contribution in [-0.2, 0) is 29.7 Å². The molecule has 0 radical (unpaired) electrons. The summed E-state index contributed by atoms with van der Waals surface area (Å²) in [6, 6.07) is 0. The Balaban J connectivity index is 1.17. The molecule has 0 spiro atoms. The Morgan fingerprint density at radius 2 is 1.69 bits per heavy atom. The molecule has 21 heteroatoms. The quantitative estimate of drug-likeness (QED) is 0.0827. The lowest BCUT2D eigenvalue weighted by Crippen LogP contribution is -2.34. The van der Waals surface area contributed by atoms with E-state index in [0.717, 1.165) is 10.9 Å². The standard InChI is InChI=1S/C24H32N9O11P/c1-41-4-2-10-13-19(27-7-26-10)32(8-28-13)22-17(37)15(35)11(43-22)3-5-42-45(39,40)18-16(36)12(6-34)44-23(18)33-9-29-14-20(33)30-24(25)31-21(14)38/h7-9,11-12,15-18,22-23,34-37H,2-6H2,1H3,(H,39,40)(H3,25,30,31,38)/t11-,12-,15-,16-,17-,18-,22-,23-/m1/s1. The number of aliphatic hydroxyl groups is 4. The van der Waals surface area contributed by atoms with Gasteiger partial charge in [0.05, 0.1) is 44.3 Å². The third-order valence-corrected chi connectivity index (χ3v) is 9.75. The van der Waals surface area contributed by atoms with Crippen LogP contribution in [0.5, 0.6) is 0 Å².